The third-order valence-electron chi connectivity index (χ3n) is 2.99. The van der Waals surface area contributed by atoms with Gasteiger partial charge in [-0.1, -0.05) is 24.0 Å². The molecule has 0 unspecified atom stereocenters. The van der Waals surface area contributed by atoms with E-state index in [1.807, 2.05) is 12.1 Å². The molecule has 0 aliphatic rings. The molecule has 0 aromatic heterocycles. The van der Waals surface area contributed by atoms with E-state index in [0.29, 0.717) is 6.42 Å². The van der Waals surface area contributed by atoms with E-state index in [9.17, 15) is 0 Å². The summed E-state index contributed by atoms with van der Waals surface area (Å²) in [5.74, 6) is 6.04. The molecule has 0 saturated heterocycles. The molecule has 110 valence electrons. The van der Waals surface area contributed by atoms with Gasteiger partial charge in [-0.05, 0) is 58.3 Å². The summed E-state index contributed by atoms with van der Waals surface area (Å²) in [4.78, 5) is 4.55. The number of hydrogen-bond donors (Lipinski definition) is 1. The van der Waals surface area contributed by atoms with Crippen molar-refractivity contribution in [2.45, 2.75) is 19.4 Å². The first-order valence-electron chi connectivity index (χ1n) is 7.14. The predicted molar refractivity (Wildman–Crippen MR) is 84.5 cm³/mol. The van der Waals surface area contributed by atoms with Crippen molar-refractivity contribution in [3.05, 3.63) is 35.4 Å². The van der Waals surface area contributed by atoms with Gasteiger partial charge in [0.1, 0.15) is 0 Å². The number of aliphatic hydroxyl groups excluding tert-OH is 1. The van der Waals surface area contributed by atoms with Gasteiger partial charge < -0.3 is 14.9 Å². The number of hydrogen-bond acceptors (Lipinski definition) is 3. The summed E-state index contributed by atoms with van der Waals surface area (Å²) >= 11 is 0. The van der Waals surface area contributed by atoms with Crippen molar-refractivity contribution < 1.29 is 5.11 Å². The Hall–Kier alpha value is -1.34. The number of nitrogens with zero attached hydrogens (tertiary/aromatic N) is 2. The van der Waals surface area contributed by atoms with Crippen LogP contribution in [0.3, 0.4) is 0 Å². The van der Waals surface area contributed by atoms with Crippen molar-refractivity contribution in [1.29, 1.82) is 0 Å². The van der Waals surface area contributed by atoms with Crippen molar-refractivity contribution in [3.8, 4) is 11.8 Å². The molecule has 0 saturated carbocycles. The minimum atomic E-state index is 0.126. The minimum absolute atomic E-state index is 0.126. The fourth-order valence-electron chi connectivity index (χ4n) is 2.02. The van der Waals surface area contributed by atoms with Gasteiger partial charge in [0.15, 0.2) is 0 Å². The quantitative estimate of drug-likeness (QED) is 0.768. The van der Waals surface area contributed by atoms with Crippen LogP contribution in [-0.4, -0.2) is 55.7 Å². The van der Waals surface area contributed by atoms with Crippen LogP contribution in [0.5, 0.6) is 0 Å². The van der Waals surface area contributed by atoms with Crippen molar-refractivity contribution in [2.24, 2.45) is 0 Å². The second-order valence-electron chi connectivity index (χ2n) is 5.37. The van der Waals surface area contributed by atoms with Crippen molar-refractivity contribution >= 4 is 0 Å². The molecule has 1 aromatic carbocycles. The molecule has 1 aromatic rings. The Morgan fingerprint density at radius 2 is 1.95 bits per heavy atom. The molecule has 0 aliphatic heterocycles. The summed E-state index contributed by atoms with van der Waals surface area (Å²) < 4.78 is 0. The molecule has 3 nitrogen and oxygen atoms in total. The van der Waals surface area contributed by atoms with E-state index >= 15 is 0 Å². The van der Waals surface area contributed by atoms with E-state index in [-0.39, 0.29) is 6.61 Å². The standard InChI is InChI=1S/C17H26N2O/c1-18(2)11-7-12-19(3)15-17-10-6-9-16(14-17)8-4-5-13-20/h6,9-10,14,20H,5,7,11-13,15H2,1-3H3. The average Bonchev–Trinajstić information content (AvgIpc) is 2.39. The van der Waals surface area contributed by atoms with Gasteiger partial charge in [-0.2, -0.15) is 0 Å². The fraction of sp³-hybridized carbons (Fsp3) is 0.529. The first kappa shape index (κ1) is 16.7. The number of rotatable bonds is 7. The molecular formula is C17H26N2O. The van der Waals surface area contributed by atoms with E-state index in [4.69, 9.17) is 5.11 Å². The first-order chi connectivity index (χ1) is 9.61. The molecule has 0 fully saturated rings. The first-order valence-corrected chi connectivity index (χ1v) is 7.14. The van der Waals surface area contributed by atoms with Crippen LogP contribution in [0.2, 0.25) is 0 Å². The Morgan fingerprint density at radius 1 is 1.15 bits per heavy atom. The van der Waals surface area contributed by atoms with E-state index < -0.39 is 0 Å². The summed E-state index contributed by atoms with van der Waals surface area (Å²) in [7, 11) is 6.36. The molecule has 3 heteroatoms. The average molecular weight is 274 g/mol. The van der Waals surface area contributed by atoms with Gasteiger partial charge >= 0.3 is 0 Å². The van der Waals surface area contributed by atoms with Crippen LogP contribution >= 0.6 is 0 Å². The van der Waals surface area contributed by atoms with Crippen LogP contribution in [-0.2, 0) is 6.54 Å². The Labute approximate surface area is 123 Å². The van der Waals surface area contributed by atoms with Crippen LogP contribution in [0.25, 0.3) is 0 Å². The smallest absolute Gasteiger partial charge is 0.0540 e. The summed E-state index contributed by atoms with van der Waals surface area (Å²) in [6.45, 7) is 3.29. The highest BCUT2D eigenvalue weighted by atomic mass is 16.2. The van der Waals surface area contributed by atoms with Gasteiger partial charge in [0.25, 0.3) is 0 Å². The van der Waals surface area contributed by atoms with E-state index in [0.717, 1.165) is 25.2 Å². The largest absolute Gasteiger partial charge is 0.395 e. The maximum Gasteiger partial charge on any atom is 0.0540 e. The van der Waals surface area contributed by atoms with Crippen LogP contribution in [0, 0.1) is 11.8 Å². The normalized spacial score (nSPS) is 10.7. The molecule has 1 rings (SSSR count). The highest BCUT2D eigenvalue weighted by Gasteiger charge is 2.01. The van der Waals surface area contributed by atoms with E-state index in [2.05, 4.69) is 54.9 Å². The molecular weight excluding hydrogens is 248 g/mol. The molecule has 0 spiro atoms. The molecule has 0 aliphatic carbocycles. The third kappa shape index (κ3) is 7.30. The SMILES string of the molecule is CN(C)CCCN(C)Cc1cccc(C#CCCO)c1. The van der Waals surface area contributed by atoms with Gasteiger partial charge in [-0.25, -0.2) is 0 Å². The second-order valence-corrected chi connectivity index (χ2v) is 5.37. The summed E-state index contributed by atoms with van der Waals surface area (Å²) in [6.07, 6.45) is 1.72. The molecule has 1 N–H and O–H groups in total. The van der Waals surface area contributed by atoms with Gasteiger partial charge in [-0.3, -0.25) is 0 Å². The Morgan fingerprint density at radius 3 is 2.65 bits per heavy atom. The van der Waals surface area contributed by atoms with Crippen LogP contribution < -0.4 is 0 Å². The van der Waals surface area contributed by atoms with Crippen LogP contribution in [0.1, 0.15) is 24.0 Å². The molecule has 0 bridgehead atoms. The highest BCUT2D eigenvalue weighted by Crippen LogP contribution is 2.07. The van der Waals surface area contributed by atoms with Gasteiger partial charge in [0.05, 0.1) is 6.61 Å². The Bertz CT molecular complexity index is 446. The second kappa shape index (κ2) is 9.55. The zero-order valence-corrected chi connectivity index (χ0v) is 12.9. The summed E-state index contributed by atoms with van der Waals surface area (Å²) in [5, 5.41) is 8.73. The molecule has 0 atom stereocenters. The molecule has 0 radical (unpaired) electrons. The van der Waals surface area contributed by atoms with Crippen molar-refractivity contribution in [2.75, 3.05) is 40.8 Å². The molecule has 0 heterocycles. The lowest BCUT2D eigenvalue weighted by Crippen LogP contribution is -2.23. The lowest BCUT2D eigenvalue weighted by molar-refractivity contribution is 0.294. The predicted octanol–water partition coefficient (Wildman–Crippen LogP) is 1.80. The zero-order valence-electron chi connectivity index (χ0n) is 12.9. The van der Waals surface area contributed by atoms with Crippen LogP contribution in [0.15, 0.2) is 24.3 Å². The zero-order chi connectivity index (χ0) is 14.8. The Kier molecular flexibility index (Phi) is 7.98. The van der Waals surface area contributed by atoms with Gasteiger partial charge in [0.2, 0.25) is 0 Å². The summed E-state index contributed by atoms with van der Waals surface area (Å²) in [5.41, 5.74) is 2.31. The van der Waals surface area contributed by atoms with Gasteiger partial charge in [-0.15, -0.1) is 0 Å². The maximum atomic E-state index is 8.73. The number of benzene rings is 1. The van der Waals surface area contributed by atoms with E-state index in [1.54, 1.807) is 0 Å². The Balaban J connectivity index is 2.47. The third-order valence-corrected chi connectivity index (χ3v) is 2.99. The highest BCUT2D eigenvalue weighted by molar-refractivity contribution is 5.37. The maximum absolute atomic E-state index is 8.73. The monoisotopic (exact) mass is 274 g/mol. The van der Waals surface area contributed by atoms with Crippen molar-refractivity contribution in [3.63, 3.8) is 0 Å². The van der Waals surface area contributed by atoms with Crippen molar-refractivity contribution in [1.82, 2.24) is 9.80 Å². The molecule has 20 heavy (non-hydrogen) atoms. The van der Waals surface area contributed by atoms with Gasteiger partial charge in [0, 0.05) is 18.5 Å². The number of aliphatic hydroxyl groups is 1. The lowest BCUT2D eigenvalue weighted by Gasteiger charge is -2.18. The van der Waals surface area contributed by atoms with E-state index in [1.165, 1.54) is 12.0 Å². The fourth-order valence-corrected chi connectivity index (χ4v) is 2.02. The minimum Gasteiger partial charge on any atom is -0.395 e. The van der Waals surface area contributed by atoms with Crippen LogP contribution in [0.4, 0.5) is 0 Å². The molecule has 0 amide bonds. The topological polar surface area (TPSA) is 26.7 Å². The lowest BCUT2D eigenvalue weighted by atomic mass is 10.1. The summed E-state index contributed by atoms with van der Waals surface area (Å²) in [6, 6.07) is 8.33.